The Bertz CT molecular complexity index is 349. The van der Waals surface area contributed by atoms with E-state index in [9.17, 15) is 4.79 Å². The Labute approximate surface area is 112 Å². The zero-order chi connectivity index (χ0) is 12.7. The van der Waals surface area contributed by atoms with Crippen molar-refractivity contribution >= 4 is 34.6 Å². The number of rotatable bonds is 7. The minimum absolute atomic E-state index is 0.233. The molecule has 94 valence electrons. The van der Waals surface area contributed by atoms with Gasteiger partial charge in [0.1, 0.15) is 0 Å². The van der Waals surface area contributed by atoms with Gasteiger partial charge in [0.05, 0.1) is 12.6 Å². The van der Waals surface area contributed by atoms with Crippen LogP contribution in [-0.2, 0) is 16.1 Å². The van der Waals surface area contributed by atoms with Crippen molar-refractivity contribution in [1.82, 2.24) is 5.48 Å². The summed E-state index contributed by atoms with van der Waals surface area (Å²) in [4.78, 5) is 16.5. The van der Waals surface area contributed by atoms with Crippen LogP contribution in [0.4, 0.5) is 0 Å². The molecular weight excluding hydrogens is 280 g/mol. The van der Waals surface area contributed by atoms with E-state index in [-0.39, 0.29) is 5.52 Å². The maximum atomic E-state index is 11.3. The van der Waals surface area contributed by atoms with Gasteiger partial charge in [-0.25, -0.2) is 0 Å². The summed E-state index contributed by atoms with van der Waals surface area (Å²) in [5, 5.41) is 0. The molecule has 1 rings (SSSR count). The highest BCUT2D eigenvalue weighted by Crippen LogP contribution is 2.48. The van der Waals surface area contributed by atoms with Crippen LogP contribution in [0.1, 0.15) is 12.5 Å². The molecule has 6 heteroatoms. The summed E-state index contributed by atoms with van der Waals surface area (Å²) in [7, 11) is 0. The van der Waals surface area contributed by atoms with Gasteiger partial charge in [-0.2, -0.15) is 5.48 Å². The predicted octanol–water partition coefficient (Wildman–Crippen LogP) is 3.45. The summed E-state index contributed by atoms with van der Waals surface area (Å²) in [6, 6.07) is 9.48. The van der Waals surface area contributed by atoms with Crippen molar-refractivity contribution in [1.29, 1.82) is 0 Å². The van der Waals surface area contributed by atoms with Crippen molar-refractivity contribution in [3.63, 3.8) is 0 Å². The molecule has 0 heterocycles. The van der Waals surface area contributed by atoms with Crippen LogP contribution in [0.2, 0.25) is 0 Å². The second-order valence-electron chi connectivity index (χ2n) is 3.49. The lowest BCUT2D eigenvalue weighted by molar-refractivity contribution is -0.116. The number of carbonyl (C=O) groups is 1. The van der Waals surface area contributed by atoms with Crippen molar-refractivity contribution in [2.24, 2.45) is 0 Å². The van der Waals surface area contributed by atoms with E-state index in [1.807, 2.05) is 30.3 Å². The Balaban J connectivity index is 2.18. The van der Waals surface area contributed by atoms with Crippen LogP contribution in [-0.4, -0.2) is 18.2 Å². The van der Waals surface area contributed by atoms with E-state index in [2.05, 4.69) is 5.48 Å². The molecule has 0 spiro atoms. The molecule has 0 aliphatic heterocycles. The van der Waals surface area contributed by atoms with Crippen LogP contribution < -0.4 is 5.48 Å². The number of hydroxylamine groups is 1. The molecule has 0 fully saturated rings. The zero-order valence-electron chi connectivity index (χ0n) is 9.40. The first-order valence-electron chi connectivity index (χ1n) is 5.18. The number of halogens is 2. The smallest absolute Gasteiger partial charge is 0.204 e. The maximum Gasteiger partial charge on any atom is 0.204 e. The van der Waals surface area contributed by atoms with Gasteiger partial charge in [0.15, 0.2) is 6.63 Å². The number of carbonyl (C=O) groups excluding carboxylic acids is 1. The standard InChI is InChI=1S/C11H14Cl2NO2P/c1-9(11(15)17(12)13)14-16-8-7-10-5-3-2-4-6-10/h2-6,9,14H,7-8H2,1H3/t9-/m0/s1. The van der Waals surface area contributed by atoms with Crippen LogP contribution in [0.5, 0.6) is 0 Å². The molecule has 17 heavy (non-hydrogen) atoms. The lowest BCUT2D eigenvalue weighted by Gasteiger charge is -2.12. The Hall–Kier alpha value is -0.180. The van der Waals surface area contributed by atoms with Gasteiger partial charge in [-0.1, -0.05) is 52.8 Å². The monoisotopic (exact) mass is 293 g/mol. The third-order valence-electron chi connectivity index (χ3n) is 2.13. The van der Waals surface area contributed by atoms with Crippen LogP contribution in [0.25, 0.3) is 0 Å². The second-order valence-corrected chi connectivity index (χ2v) is 6.95. The average Bonchev–Trinajstić information content (AvgIpc) is 2.34. The molecule has 0 aliphatic rings. The number of benzene rings is 1. The van der Waals surface area contributed by atoms with E-state index in [1.54, 1.807) is 6.92 Å². The van der Waals surface area contributed by atoms with Gasteiger partial charge in [-0.3, -0.25) is 4.79 Å². The second kappa shape index (κ2) is 8.02. The zero-order valence-corrected chi connectivity index (χ0v) is 11.8. The lowest BCUT2D eigenvalue weighted by Crippen LogP contribution is -2.32. The van der Waals surface area contributed by atoms with E-state index in [4.69, 9.17) is 27.3 Å². The third-order valence-corrected chi connectivity index (χ3v) is 3.85. The highest BCUT2D eigenvalue weighted by molar-refractivity contribution is 8.14. The number of hydrogen-bond acceptors (Lipinski definition) is 3. The van der Waals surface area contributed by atoms with Crippen LogP contribution in [0.15, 0.2) is 30.3 Å². The Morgan fingerprint density at radius 2 is 2.06 bits per heavy atom. The van der Waals surface area contributed by atoms with Crippen molar-refractivity contribution in [3.05, 3.63) is 35.9 Å². The van der Waals surface area contributed by atoms with Crippen molar-refractivity contribution in [2.75, 3.05) is 6.61 Å². The van der Waals surface area contributed by atoms with Crippen LogP contribution in [0, 0.1) is 0 Å². The Morgan fingerprint density at radius 3 is 2.65 bits per heavy atom. The van der Waals surface area contributed by atoms with Crippen molar-refractivity contribution in [2.45, 2.75) is 19.4 Å². The summed E-state index contributed by atoms with van der Waals surface area (Å²) in [6.07, 6.45) is 0.783. The minimum Gasteiger partial charge on any atom is -0.301 e. The molecule has 0 amide bonds. The topological polar surface area (TPSA) is 38.3 Å². The minimum atomic E-state index is -1.60. The summed E-state index contributed by atoms with van der Waals surface area (Å²) < 4.78 is 0. The average molecular weight is 294 g/mol. The van der Waals surface area contributed by atoms with E-state index in [0.717, 1.165) is 6.42 Å². The largest absolute Gasteiger partial charge is 0.301 e. The molecule has 0 saturated heterocycles. The fourth-order valence-corrected chi connectivity index (χ4v) is 2.42. The SMILES string of the molecule is C[C@H](NOCCc1ccccc1)C(=O)P(Cl)Cl. The molecule has 0 aliphatic carbocycles. The van der Waals surface area contributed by atoms with E-state index in [0.29, 0.717) is 6.61 Å². The van der Waals surface area contributed by atoms with Gasteiger partial charge in [0.25, 0.3) is 0 Å². The highest BCUT2D eigenvalue weighted by atomic mass is 35.9. The molecule has 0 saturated carbocycles. The highest BCUT2D eigenvalue weighted by Gasteiger charge is 2.19. The van der Waals surface area contributed by atoms with Crippen LogP contribution in [0.3, 0.4) is 0 Å². The quantitative estimate of drug-likeness (QED) is 0.475. The first-order chi connectivity index (χ1) is 8.11. The fourth-order valence-electron chi connectivity index (χ4n) is 1.19. The van der Waals surface area contributed by atoms with Gasteiger partial charge in [0, 0.05) is 0 Å². The molecule has 1 aromatic rings. The molecule has 1 N–H and O–H groups in total. The van der Waals surface area contributed by atoms with E-state index < -0.39 is 12.7 Å². The van der Waals surface area contributed by atoms with Gasteiger partial charge >= 0.3 is 0 Å². The van der Waals surface area contributed by atoms with Gasteiger partial charge in [-0.15, -0.1) is 0 Å². The maximum absolute atomic E-state index is 11.3. The molecule has 0 bridgehead atoms. The van der Waals surface area contributed by atoms with Gasteiger partial charge in [0.2, 0.25) is 5.52 Å². The molecule has 3 nitrogen and oxygen atoms in total. The van der Waals surface area contributed by atoms with E-state index >= 15 is 0 Å². The summed E-state index contributed by atoms with van der Waals surface area (Å²) >= 11 is 11.0. The Morgan fingerprint density at radius 1 is 1.41 bits per heavy atom. The molecule has 0 aromatic heterocycles. The van der Waals surface area contributed by atoms with Crippen LogP contribution >= 0.6 is 29.1 Å². The third kappa shape index (κ3) is 5.80. The predicted molar refractivity (Wildman–Crippen MR) is 72.3 cm³/mol. The molecule has 1 aromatic carbocycles. The van der Waals surface area contributed by atoms with Crippen molar-refractivity contribution < 1.29 is 9.63 Å². The summed E-state index contributed by atoms with van der Waals surface area (Å²) in [5.74, 6) is 0. The van der Waals surface area contributed by atoms with Crippen molar-refractivity contribution in [3.8, 4) is 0 Å². The van der Waals surface area contributed by atoms with E-state index in [1.165, 1.54) is 5.56 Å². The summed E-state index contributed by atoms with van der Waals surface area (Å²) in [6.45, 7) is 0.559. The Kier molecular flexibility index (Phi) is 7.02. The molecule has 0 unspecified atom stereocenters. The number of hydrogen-bond donors (Lipinski definition) is 1. The van der Waals surface area contributed by atoms with Gasteiger partial charge < -0.3 is 4.84 Å². The fraction of sp³-hybridized carbons (Fsp3) is 0.364. The molecular formula is C11H14Cl2NO2P. The molecule has 0 radical (unpaired) electrons. The lowest BCUT2D eigenvalue weighted by atomic mass is 10.2. The summed E-state index contributed by atoms with van der Waals surface area (Å²) in [5.41, 5.74) is 3.58. The number of nitrogens with one attached hydrogen (secondary N) is 1. The molecule has 1 atom stereocenters. The first kappa shape index (κ1) is 14.9. The van der Waals surface area contributed by atoms with Gasteiger partial charge in [-0.05, 0) is 18.9 Å². The normalized spacial score (nSPS) is 12.7. The first-order valence-corrected chi connectivity index (χ1v) is 8.33.